The normalized spacial score (nSPS) is 20.3. The number of amides is 1. The van der Waals surface area contributed by atoms with Gasteiger partial charge in [0.15, 0.2) is 0 Å². The van der Waals surface area contributed by atoms with Crippen molar-refractivity contribution in [2.45, 2.75) is 11.2 Å². The van der Waals surface area contributed by atoms with Crippen molar-refractivity contribution in [1.82, 2.24) is 9.97 Å². The van der Waals surface area contributed by atoms with Crippen molar-refractivity contribution in [1.29, 1.82) is 0 Å². The summed E-state index contributed by atoms with van der Waals surface area (Å²) in [5, 5.41) is 0. The van der Waals surface area contributed by atoms with Crippen LogP contribution in [0.4, 0.5) is 5.95 Å². The monoisotopic (exact) mass is 349 g/mol. The summed E-state index contributed by atoms with van der Waals surface area (Å²) in [4.78, 5) is 21.4. The van der Waals surface area contributed by atoms with Gasteiger partial charge >= 0.3 is 0 Å². The van der Waals surface area contributed by atoms with Crippen LogP contribution < -0.4 is 9.64 Å². The minimum atomic E-state index is -0.134. The van der Waals surface area contributed by atoms with Gasteiger partial charge in [0, 0.05) is 6.54 Å². The molecule has 1 amide bonds. The van der Waals surface area contributed by atoms with Gasteiger partial charge in [-0.2, -0.15) is 4.98 Å². The number of methoxy groups -OCH3 is 1. The molecule has 7 heteroatoms. The van der Waals surface area contributed by atoms with Crippen LogP contribution in [0.25, 0.3) is 0 Å². The second kappa shape index (κ2) is 4.67. The Morgan fingerprint density at radius 2 is 2.38 bits per heavy atom. The lowest BCUT2D eigenvalue weighted by Gasteiger charge is -2.14. The largest absolute Gasteiger partial charge is 0.480 e. The van der Waals surface area contributed by atoms with Crippen molar-refractivity contribution in [2.75, 3.05) is 18.6 Å². The number of carbonyl (C=O) groups excluding carboxylic acids is 1. The van der Waals surface area contributed by atoms with Crippen LogP contribution in [0.2, 0.25) is 0 Å². The van der Waals surface area contributed by atoms with E-state index in [1.54, 1.807) is 11.1 Å². The Labute approximate surface area is 109 Å². The molecule has 0 radical (unpaired) electrons. The molecule has 0 aromatic carbocycles. The van der Waals surface area contributed by atoms with Crippen LogP contribution >= 0.6 is 31.9 Å². The van der Waals surface area contributed by atoms with E-state index >= 15 is 0 Å². The van der Waals surface area contributed by atoms with Crippen molar-refractivity contribution in [3.05, 3.63) is 10.7 Å². The van der Waals surface area contributed by atoms with Crippen molar-refractivity contribution in [3.8, 4) is 5.88 Å². The topological polar surface area (TPSA) is 55.3 Å². The first-order valence-electron chi connectivity index (χ1n) is 4.65. The van der Waals surface area contributed by atoms with Crippen LogP contribution in [0.3, 0.4) is 0 Å². The van der Waals surface area contributed by atoms with Gasteiger partial charge in [0.05, 0.1) is 22.6 Å². The van der Waals surface area contributed by atoms with Gasteiger partial charge in [0.25, 0.3) is 0 Å². The molecule has 1 atom stereocenters. The Balaban J connectivity index is 2.31. The predicted molar refractivity (Wildman–Crippen MR) is 66.0 cm³/mol. The molecule has 1 saturated heterocycles. The van der Waals surface area contributed by atoms with E-state index in [0.717, 1.165) is 6.42 Å². The molecule has 0 saturated carbocycles. The fourth-order valence-corrected chi connectivity index (χ4v) is 2.26. The molecule has 1 unspecified atom stereocenters. The van der Waals surface area contributed by atoms with E-state index in [2.05, 4.69) is 41.8 Å². The van der Waals surface area contributed by atoms with Gasteiger partial charge in [-0.05, 0) is 22.4 Å². The minimum absolute atomic E-state index is 0.00984. The Kier molecular flexibility index (Phi) is 3.44. The molecule has 16 heavy (non-hydrogen) atoms. The summed E-state index contributed by atoms with van der Waals surface area (Å²) in [5.41, 5.74) is 0. The van der Waals surface area contributed by atoms with Crippen LogP contribution in [-0.4, -0.2) is 34.4 Å². The van der Waals surface area contributed by atoms with Gasteiger partial charge in [-0.3, -0.25) is 9.69 Å². The number of aromatic nitrogens is 2. The van der Waals surface area contributed by atoms with Gasteiger partial charge in [-0.15, -0.1) is 0 Å². The van der Waals surface area contributed by atoms with E-state index in [0.29, 0.717) is 22.8 Å². The molecule has 0 N–H and O–H groups in total. The number of carbonyl (C=O) groups is 1. The second-order valence-corrected chi connectivity index (χ2v) is 5.23. The van der Waals surface area contributed by atoms with Crippen molar-refractivity contribution in [2.24, 2.45) is 0 Å². The third-order valence-electron chi connectivity index (χ3n) is 2.27. The Morgan fingerprint density at radius 3 is 2.94 bits per heavy atom. The molecule has 5 nitrogen and oxygen atoms in total. The van der Waals surface area contributed by atoms with Gasteiger partial charge in [-0.25, -0.2) is 4.98 Å². The standard InChI is InChI=1S/C9H9Br2N3O2/c1-16-7-6(11)4-12-9(13-7)14-3-2-5(10)8(14)15/h4-5H,2-3H2,1H3. The van der Waals surface area contributed by atoms with Gasteiger partial charge in [0.1, 0.15) is 0 Å². The van der Waals surface area contributed by atoms with Crippen LogP contribution in [0.15, 0.2) is 10.7 Å². The van der Waals surface area contributed by atoms with E-state index in [-0.39, 0.29) is 10.7 Å². The molecule has 2 rings (SSSR count). The zero-order chi connectivity index (χ0) is 11.7. The van der Waals surface area contributed by atoms with Gasteiger partial charge < -0.3 is 4.74 Å². The van der Waals surface area contributed by atoms with E-state index in [9.17, 15) is 4.79 Å². The number of alkyl halides is 1. The summed E-state index contributed by atoms with van der Waals surface area (Å²) in [6.45, 7) is 0.625. The van der Waals surface area contributed by atoms with E-state index in [1.807, 2.05) is 0 Å². The summed E-state index contributed by atoms with van der Waals surface area (Å²) >= 11 is 6.57. The molecule has 1 fully saturated rings. The van der Waals surface area contributed by atoms with Gasteiger partial charge in [0.2, 0.25) is 17.7 Å². The van der Waals surface area contributed by atoms with Crippen molar-refractivity contribution in [3.63, 3.8) is 0 Å². The average molecular weight is 351 g/mol. The highest BCUT2D eigenvalue weighted by Gasteiger charge is 2.32. The molecule has 0 spiro atoms. The number of ether oxygens (including phenoxy) is 1. The number of halogens is 2. The molecule has 0 bridgehead atoms. The highest BCUT2D eigenvalue weighted by molar-refractivity contribution is 9.10. The van der Waals surface area contributed by atoms with Crippen LogP contribution in [0, 0.1) is 0 Å². The predicted octanol–water partition coefficient (Wildman–Crippen LogP) is 1.75. The van der Waals surface area contributed by atoms with Crippen LogP contribution in [-0.2, 0) is 4.79 Å². The molecular weight excluding hydrogens is 342 g/mol. The number of nitrogens with zero attached hydrogens (tertiary/aromatic N) is 3. The summed E-state index contributed by atoms with van der Waals surface area (Å²) in [5.74, 6) is 0.798. The Morgan fingerprint density at radius 1 is 1.62 bits per heavy atom. The van der Waals surface area contributed by atoms with Gasteiger partial charge in [-0.1, -0.05) is 15.9 Å². The summed E-state index contributed by atoms with van der Waals surface area (Å²) in [6, 6.07) is 0. The highest BCUT2D eigenvalue weighted by atomic mass is 79.9. The van der Waals surface area contributed by atoms with Crippen LogP contribution in [0.5, 0.6) is 5.88 Å². The fraction of sp³-hybridized carbons (Fsp3) is 0.444. The number of anilines is 1. The second-order valence-electron chi connectivity index (χ2n) is 3.27. The lowest BCUT2D eigenvalue weighted by atomic mass is 10.4. The molecule has 86 valence electrons. The summed E-state index contributed by atoms with van der Waals surface area (Å²) in [7, 11) is 1.52. The number of rotatable bonds is 2. The molecule has 0 aliphatic carbocycles. The first-order chi connectivity index (χ1) is 7.63. The Bertz CT molecular complexity index is 427. The smallest absolute Gasteiger partial charge is 0.243 e. The first kappa shape index (κ1) is 11.8. The number of hydrogen-bond acceptors (Lipinski definition) is 4. The zero-order valence-electron chi connectivity index (χ0n) is 8.48. The quantitative estimate of drug-likeness (QED) is 0.762. The maximum absolute atomic E-state index is 11.7. The highest BCUT2D eigenvalue weighted by Crippen LogP contribution is 2.27. The fourth-order valence-electron chi connectivity index (χ4n) is 1.46. The average Bonchev–Trinajstić information content (AvgIpc) is 2.61. The van der Waals surface area contributed by atoms with E-state index < -0.39 is 0 Å². The number of hydrogen-bond donors (Lipinski definition) is 0. The summed E-state index contributed by atoms with van der Waals surface area (Å²) in [6.07, 6.45) is 2.34. The molecule has 1 aliphatic heterocycles. The molecule has 1 aromatic rings. The SMILES string of the molecule is COc1nc(N2CCC(Br)C2=O)ncc1Br. The van der Waals surface area contributed by atoms with Crippen molar-refractivity contribution >= 4 is 43.7 Å². The maximum Gasteiger partial charge on any atom is 0.243 e. The van der Waals surface area contributed by atoms with Crippen LogP contribution in [0.1, 0.15) is 6.42 Å². The zero-order valence-corrected chi connectivity index (χ0v) is 11.7. The third-order valence-corrected chi connectivity index (χ3v) is 3.67. The summed E-state index contributed by atoms with van der Waals surface area (Å²) < 4.78 is 5.73. The maximum atomic E-state index is 11.7. The molecule has 1 aromatic heterocycles. The molecular formula is C9H9Br2N3O2. The first-order valence-corrected chi connectivity index (χ1v) is 6.36. The van der Waals surface area contributed by atoms with Crippen molar-refractivity contribution < 1.29 is 9.53 Å². The minimum Gasteiger partial charge on any atom is -0.480 e. The lowest BCUT2D eigenvalue weighted by molar-refractivity contribution is -0.116. The lowest BCUT2D eigenvalue weighted by Crippen LogP contribution is -2.28. The third kappa shape index (κ3) is 2.06. The van der Waals surface area contributed by atoms with E-state index in [4.69, 9.17) is 4.74 Å². The Hall–Kier alpha value is -0.690. The molecule has 2 heterocycles. The van der Waals surface area contributed by atoms with E-state index in [1.165, 1.54) is 7.11 Å². The molecule has 1 aliphatic rings.